The number of fused-ring (bicyclic) bond motifs is 1. The van der Waals surface area contributed by atoms with Crippen molar-refractivity contribution in [3.8, 4) is 0 Å². The van der Waals surface area contributed by atoms with Crippen molar-refractivity contribution in [2.75, 3.05) is 37.6 Å². The van der Waals surface area contributed by atoms with Crippen molar-refractivity contribution in [2.24, 2.45) is 10.7 Å². The number of benzene rings is 2. The summed E-state index contributed by atoms with van der Waals surface area (Å²) < 4.78 is 0. The molecule has 0 unspecified atom stereocenters. The van der Waals surface area contributed by atoms with E-state index in [1.54, 1.807) is 11.3 Å². The van der Waals surface area contributed by atoms with E-state index in [9.17, 15) is 0 Å². The van der Waals surface area contributed by atoms with Crippen molar-refractivity contribution in [3.63, 3.8) is 0 Å². The van der Waals surface area contributed by atoms with E-state index in [-0.39, 0.29) is 0 Å². The van der Waals surface area contributed by atoms with Crippen molar-refractivity contribution in [1.82, 2.24) is 9.88 Å². The topological polar surface area (TPSA) is 57.8 Å². The Morgan fingerprint density at radius 1 is 1.08 bits per heavy atom. The number of aromatic nitrogens is 1. The number of hydrogen-bond donors (Lipinski definition) is 1. The molecule has 134 valence electrons. The molecule has 1 aliphatic rings. The fraction of sp³-hybridized carbons (Fsp3) is 0.300. The van der Waals surface area contributed by atoms with Crippen LogP contribution < -0.4 is 10.6 Å². The van der Waals surface area contributed by atoms with Crippen LogP contribution in [0.1, 0.15) is 5.56 Å². The molecule has 2 heterocycles. The maximum absolute atomic E-state index is 6.21. The van der Waals surface area contributed by atoms with E-state index in [4.69, 9.17) is 5.73 Å². The van der Waals surface area contributed by atoms with Crippen LogP contribution >= 0.6 is 11.3 Å². The molecule has 2 N–H and O–H groups in total. The Morgan fingerprint density at radius 2 is 1.88 bits per heavy atom. The minimum Gasteiger partial charge on any atom is -0.370 e. The number of nitrogens with zero attached hydrogens (tertiary/aromatic N) is 4. The van der Waals surface area contributed by atoms with Crippen LogP contribution in [-0.2, 0) is 6.42 Å². The van der Waals surface area contributed by atoms with Gasteiger partial charge in [0.1, 0.15) is 0 Å². The quantitative estimate of drug-likeness (QED) is 0.570. The SMILES string of the molecule is NC(=NCCc1ccc2ccccc2c1)N1CCN(c2nccs2)CC1. The highest BCUT2D eigenvalue weighted by atomic mass is 32.1. The maximum Gasteiger partial charge on any atom is 0.191 e. The van der Waals surface area contributed by atoms with Crippen molar-refractivity contribution >= 4 is 33.2 Å². The van der Waals surface area contributed by atoms with E-state index in [1.807, 2.05) is 11.6 Å². The molecule has 0 spiro atoms. The van der Waals surface area contributed by atoms with Gasteiger partial charge in [-0.2, -0.15) is 0 Å². The van der Waals surface area contributed by atoms with Crippen molar-refractivity contribution < 1.29 is 0 Å². The zero-order valence-corrected chi connectivity index (χ0v) is 15.5. The molecule has 0 radical (unpaired) electrons. The molecule has 0 atom stereocenters. The molecule has 5 nitrogen and oxygen atoms in total. The van der Waals surface area contributed by atoms with E-state index in [0.717, 1.165) is 44.3 Å². The molecule has 3 aromatic rings. The molecule has 0 saturated carbocycles. The summed E-state index contributed by atoms with van der Waals surface area (Å²) in [6.07, 6.45) is 2.76. The van der Waals surface area contributed by atoms with Crippen LogP contribution in [0, 0.1) is 0 Å². The number of rotatable bonds is 4. The number of guanidine groups is 1. The summed E-state index contributed by atoms with van der Waals surface area (Å²) in [4.78, 5) is 13.5. The highest BCUT2D eigenvalue weighted by Crippen LogP contribution is 2.19. The van der Waals surface area contributed by atoms with Crippen LogP contribution in [0.15, 0.2) is 59.0 Å². The van der Waals surface area contributed by atoms with E-state index in [0.29, 0.717) is 5.96 Å². The second-order valence-corrected chi connectivity index (χ2v) is 7.33. The third-order valence-electron chi connectivity index (χ3n) is 4.78. The maximum atomic E-state index is 6.21. The van der Waals surface area contributed by atoms with E-state index >= 15 is 0 Å². The van der Waals surface area contributed by atoms with Crippen LogP contribution in [0.3, 0.4) is 0 Å². The van der Waals surface area contributed by atoms with Gasteiger partial charge >= 0.3 is 0 Å². The van der Waals surface area contributed by atoms with E-state index in [2.05, 4.69) is 62.2 Å². The van der Waals surface area contributed by atoms with Crippen LogP contribution in [0.25, 0.3) is 10.8 Å². The van der Waals surface area contributed by atoms with Gasteiger partial charge in [-0.1, -0.05) is 42.5 Å². The Morgan fingerprint density at radius 3 is 2.65 bits per heavy atom. The minimum absolute atomic E-state index is 0.657. The zero-order chi connectivity index (χ0) is 17.8. The Bertz CT molecular complexity index is 882. The van der Waals surface area contributed by atoms with Gasteiger partial charge in [0.05, 0.1) is 0 Å². The van der Waals surface area contributed by atoms with Gasteiger partial charge in [-0.3, -0.25) is 4.99 Å². The van der Waals surface area contributed by atoms with Gasteiger partial charge < -0.3 is 15.5 Å². The van der Waals surface area contributed by atoms with Crippen LogP contribution in [-0.4, -0.2) is 48.6 Å². The number of thiazole rings is 1. The molecule has 0 aliphatic carbocycles. The van der Waals surface area contributed by atoms with Crippen molar-refractivity contribution in [2.45, 2.75) is 6.42 Å². The molecule has 1 fully saturated rings. The summed E-state index contributed by atoms with van der Waals surface area (Å²) >= 11 is 1.69. The second-order valence-electron chi connectivity index (χ2n) is 6.46. The molecule has 4 rings (SSSR count). The average molecular weight is 366 g/mol. The molecular weight excluding hydrogens is 342 g/mol. The van der Waals surface area contributed by atoms with Gasteiger partial charge in [0.15, 0.2) is 11.1 Å². The number of hydrogen-bond acceptors (Lipinski definition) is 4. The fourth-order valence-corrected chi connectivity index (χ4v) is 3.99. The standard InChI is InChI=1S/C20H23N5S/c21-19(24-10-12-25(13-11-24)20-23-9-14-26-20)22-8-7-16-5-6-17-3-1-2-4-18(17)15-16/h1-6,9,14-15H,7-8,10-13H2,(H2,21,22). The Hall–Kier alpha value is -2.60. The van der Waals surface area contributed by atoms with Gasteiger partial charge in [0, 0.05) is 44.3 Å². The Labute approximate surface area is 157 Å². The molecule has 1 aliphatic heterocycles. The predicted octanol–water partition coefficient (Wildman–Crippen LogP) is 2.98. The number of aliphatic imine (C=N–C) groups is 1. The first-order valence-corrected chi connectivity index (χ1v) is 9.84. The first-order valence-electron chi connectivity index (χ1n) is 8.96. The van der Waals surface area contributed by atoms with Crippen LogP contribution in [0.2, 0.25) is 0 Å². The molecule has 0 bridgehead atoms. The molecule has 6 heteroatoms. The first kappa shape index (κ1) is 16.8. The summed E-state index contributed by atoms with van der Waals surface area (Å²) in [6.45, 7) is 4.38. The summed E-state index contributed by atoms with van der Waals surface area (Å²) in [5, 5.41) is 5.67. The van der Waals surface area contributed by atoms with Gasteiger partial charge in [-0.15, -0.1) is 11.3 Å². The summed E-state index contributed by atoms with van der Waals surface area (Å²) in [7, 11) is 0. The lowest BCUT2D eigenvalue weighted by molar-refractivity contribution is 0.380. The minimum atomic E-state index is 0.657. The van der Waals surface area contributed by atoms with Crippen LogP contribution in [0.4, 0.5) is 5.13 Å². The molecule has 2 aromatic carbocycles. The lowest BCUT2D eigenvalue weighted by Gasteiger charge is -2.35. The monoisotopic (exact) mass is 365 g/mol. The highest BCUT2D eigenvalue weighted by Gasteiger charge is 2.19. The average Bonchev–Trinajstić information content (AvgIpc) is 3.23. The van der Waals surface area contributed by atoms with Crippen molar-refractivity contribution in [3.05, 3.63) is 59.6 Å². The predicted molar refractivity (Wildman–Crippen MR) is 110 cm³/mol. The Balaban J connectivity index is 1.30. The fourth-order valence-electron chi connectivity index (χ4n) is 3.29. The largest absolute Gasteiger partial charge is 0.370 e. The number of piperazine rings is 1. The zero-order valence-electron chi connectivity index (χ0n) is 14.7. The molecule has 26 heavy (non-hydrogen) atoms. The summed E-state index contributed by atoms with van der Waals surface area (Å²) in [5.41, 5.74) is 7.51. The third kappa shape index (κ3) is 3.80. The Kier molecular flexibility index (Phi) is 5.02. The molecule has 1 saturated heterocycles. The highest BCUT2D eigenvalue weighted by molar-refractivity contribution is 7.13. The summed E-state index contributed by atoms with van der Waals surface area (Å²) in [6, 6.07) is 15.0. The molecular formula is C20H23N5S. The molecule has 0 amide bonds. The lowest BCUT2D eigenvalue weighted by atomic mass is 10.1. The second kappa shape index (κ2) is 7.74. The van der Waals surface area contributed by atoms with Crippen LogP contribution in [0.5, 0.6) is 0 Å². The number of anilines is 1. The third-order valence-corrected chi connectivity index (χ3v) is 5.61. The number of nitrogens with two attached hydrogens (primary N) is 1. The van der Waals surface area contributed by atoms with E-state index in [1.165, 1.54) is 16.3 Å². The van der Waals surface area contributed by atoms with Gasteiger partial charge in [0.25, 0.3) is 0 Å². The summed E-state index contributed by atoms with van der Waals surface area (Å²) in [5.74, 6) is 0.657. The van der Waals surface area contributed by atoms with Crippen molar-refractivity contribution in [1.29, 1.82) is 0 Å². The van der Waals surface area contributed by atoms with Gasteiger partial charge in [-0.05, 0) is 22.8 Å². The van der Waals surface area contributed by atoms with E-state index < -0.39 is 0 Å². The smallest absolute Gasteiger partial charge is 0.191 e. The molecule has 1 aromatic heterocycles. The normalized spacial score (nSPS) is 15.6. The lowest BCUT2D eigenvalue weighted by Crippen LogP contribution is -2.51. The van der Waals surface area contributed by atoms with Gasteiger partial charge in [-0.25, -0.2) is 4.98 Å². The van der Waals surface area contributed by atoms with Gasteiger partial charge in [0.2, 0.25) is 0 Å². The first-order chi connectivity index (χ1) is 12.8.